The number of rotatable bonds is 4. The maximum absolute atomic E-state index is 9.93. The molecule has 2 unspecified atom stereocenters. The number of halogens is 1. The number of aryl methyl sites for hydroxylation is 1. The van der Waals surface area contributed by atoms with Crippen LogP contribution in [0.1, 0.15) is 41.9 Å². The second-order valence-corrected chi connectivity index (χ2v) is 6.56. The van der Waals surface area contributed by atoms with Crippen LogP contribution in [0.15, 0.2) is 30.3 Å². The maximum atomic E-state index is 9.93. The first-order valence-electron chi connectivity index (χ1n) is 6.28. The van der Waals surface area contributed by atoms with Gasteiger partial charge < -0.3 is 10.4 Å². The number of thiophene rings is 1. The Labute approximate surface area is 123 Å². The predicted molar refractivity (Wildman–Crippen MR) is 82.1 cm³/mol. The van der Waals surface area contributed by atoms with Crippen LogP contribution in [-0.2, 0) is 0 Å². The summed E-state index contributed by atoms with van der Waals surface area (Å²) in [7, 11) is 0. The van der Waals surface area contributed by atoms with Crippen molar-refractivity contribution in [3.8, 4) is 5.75 Å². The van der Waals surface area contributed by atoms with E-state index in [9.17, 15) is 5.11 Å². The normalized spacial score (nSPS) is 14.3. The topological polar surface area (TPSA) is 32.3 Å². The second kappa shape index (κ2) is 5.95. The van der Waals surface area contributed by atoms with Crippen LogP contribution in [0, 0.1) is 6.92 Å². The van der Waals surface area contributed by atoms with Gasteiger partial charge in [-0.3, -0.25) is 0 Å². The quantitative estimate of drug-likeness (QED) is 0.847. The lowest BCUT2D eigenvalue weighted by Gasteiger charge is -2.20. The predicted octanol–water partition coefficient (Wildman–Crippen LogP) is 4.83. The Bertz CT molecular complexity index is 567. The summed E-state index contributed by atoms with van der Waals surface area (Å²) in [4.78, 5) is 1.20. The minimum atomic E-state index is 0.0794. The molecule has 2 aromatic rings. The number of nitrogens with one attached hydrogen (secondary N) is 1. The molecule has 0 aliphatic rings. The van der Waals surface area contributed by atoms with Gasteiger partial charge in [0.2, 0.25) is 0 Å². The number of aromatic hydroxyl groups is 1. The summed E-state index contributed by atoms with van der Waals surface area (Å²) >= 11 is 7.54. The highest BCUT2D eigenvalue weighted by molar-refractivity contribution is 7.16. The molecule has 102 valence electrons. The fourth-order valence-electron chi connectivity index (χ4n) is 2.13. The van der Waals surface area contributed by atoms with E-state index >= 15 is 0 Å². The molecule has 2 nitrogen and oxygen atoms in total. The molecule has 2 atom stereocenters. The largest absolute Gasteiger partial charge is 0.508 e. The second-order valence-electron chi connectivity index (χ2n) is 4.81. The Morgan fingerprint density at radius 2 is 1.89 bits per heavy atom. The van der Waals surface area contributed by atoms with Crippen molar-refractivity contribution >= 4 is 22.9 Å². The molecule has 0 fully saturated rings. The zero-order valence-corrected chi connectivity index (χ0v) is 12.8. The molecular formula is C15H18ClNOS. The SMILES string of the molecule is Cc1ccc(O)c(C(C)NC(C)c2ccc(Cl)s2)c1. The van der Waals surface area contributed by atoms with Gasteiger partial charge in [-0.15, -0.1) is 11.3 Å². The summed E-state index contributed by atoms with van der Waals surface area (Å²) in [6, 6.07) is 9.90. The number of hydrogen-bond donors (Lipinski definition) is 2. The monoisotopic (exact) mass is 295 g/mol. The lowest BCUT2D eigenvalue weighted by Crippen LogP contribution is -2.21. The van der Waals surface area contributed by atoms with Crippen LogP contribution in [0.3, 0.4) is 0 Å². The van der Waals surface area contributed by atoms with Gasteiger partial charge in [0.15, 0.2) is 0 Å². The van der Waals surface area contributed by atoms with Gasteiger partial charge in [-0.05, 0) is 39.0 Å². The molecule has 2 N–H and O–H groups in total. The summed E-state index contributed by atoms with van der Waals surface area (Å²) in [5, 5.41) is 13.4. The molecule has 2 rings (SSSR count). The third-order valence-electron chi connectivity index (χ3n) is 3.17. The lowest BCUT2D eigenvalue weighted by atomic mass is 10.0. The average molecular weight is 296 g/mol. The summed E-state index contributed by atoms with van der Waals surface area (Å²) in [6.07, 6.45) is 0. The van der Waals surface area contributed by atoms with Gasteiger partial charge in [-0.1, -0.05) is 29.3 Å². The van der Waals surface area contributed by atoms with Gasteiger partial charge in [0.25, 0.3) is 0 Å². The van der Waals surface area contributed by atoms with E-state index in [2.05, 4.69) is 19.2 Å². The van der Waals surface area contributed by atoms with Crippen LogP contribution in [0.2, 0.25) is 4.34 Å². The van der Waals surface area contributed by atoms with Crippen LogP contribution >= 0.6 is 22.9 Å². The highest BCUT2D eigenvalue weighted by Crippen LogP contribution is 2.30. The molecular weight excluding hydrogens is 278 g/mol. The summed E-state index contributed by atoms with van der Waals surface area (Å²) < 4.78 is 0.801. The van der Waals surface area contributed by atoms with E-state index in [4.69, 9.17) is 11.6 Å². The van der Waals surface area contributed by atoms with Crippen molar-refractivity contribution in [3.63, 3.8) is 0 Å². The van der Waals surface area contributed by atoms with Crippen molar-refractivity contribution in [2.45, 2.75) is 32.9 Å². The van der Waals surface area contributed by atoms with Crippen LogP contribution in [-0.4, -0.2) is 5.11 Å². The Morgan fingerprint density at radius 1 is 1.16 bits per heavy atom. The minimum absolute atomic E-state index is 0.0794. The van der Waals surface area contributed by atoms with E-state index in [-0.39, 0.29) is 12.1 Å². The molecule has 0 aliphatic carbocycles. The van der Waals surface area contributed by atoms with Crippen molar-refractivity contribution in [3.05, 3.63) is 50.7 Å². The van der Waals surface area contributed by atoms with Gasteiger partial charge in [-0.25, -0.2) is 0 Å². The molecule has 1 heterocycles. The van der Waals surface area contributed by atoms with Crippen LogP contribution in [0.25, 0.3) is 0 Å². The number of benzene rings is 1. The van der Waals surface area contributed by atoms with Crippen molar-refractivity contribution in [2.75, 3.05) is 0 Å². The molecule has 0 radical (unpaired) electrons. The molecule has 19 heavy (non-hydrogen) atoms. The average Bonchev–Trinajstić information content (AvgIpc) is 2.79. The van der Waals surface area contributed by atoms with E-state index < -0.39 is 0 Å². The van der Waals surface area contributed by atoms with Crippen molar-refractivity contribution in [1.29, 1.82) is 0 Å². The van der Waals surface area contributed by atoms with E-state index in [1.54, 1.807) is 17.4 Å². The number of phenolic OH excluding ortho intramolecular Hbond substituents is 1. The third kappa shape index (κ3) is 3.50. The zero-order chi connectivity index (χ0) is 14.0. The fraction of sp³-hybridized carbons (Fsp3) is 0.333. The molecule has 4 heteroatoms. The fourth-order valence-corrected chi connectivity index (χ4v) is 3.20. The van der Waals surface area contributed by atoms with E-state index in [1.165, 1.54) is 4.88 Å². The Balaban J connectivity index is 2.12. The lowest BCUT2D eigenvalue weighted by molar-refractivity contribution is 0.439. The molecule has 0 bridgehead atoms. The molecule has 1 aromatic carbocycles. The van der Waals surface area contributed by atoms with Crippen LogP contribution in [0.5, 0.6) is 5.75 Å². The minimum Gasteiger partial charge on any atom is -0.508 e. The first kappa shape index (κ1) is 14.4. The van der Waals surface area contributed by atoms with Crippen LogP contribution < -0.4 is 5.32 Å². The Kier molecular flexibility index (Phi) is 4.50. The van der Waals surface area contributed by atoms with Crippen molar-refractivity contribution in [1.82, 2.24) is 5.32 Å². The van der Waals surface area contributed by atoms with E-state index in [0.717, 1.165) is 15.5 Å². The molecule has 0 saturated carbocycles. The highest BCUT2D eigenvalue weighted by atomic mass is 35.5. The summed E-state index contributed by atoms with van der Waals surface area (Å²) in [5.41, 5.74) is 2.07. The first-order valence-corrected chi connectivity index (χ1v) is 7.47. The van der Waals surface area contributed by atoms with E-state index in [0.29, 0.717) is 5.75 Å². The van der Waals surface area contributed by atoms with E-state index in [1.807, 2.05) is 31.2 Å². The van der Waals surface area contributed by atoms with Gasteiger partial charge in [-0.2, -0.15) is 0 Å². The maximum Gasteiger partial charge on any atom is 0.120 e. The molecule has 0 aliphatic heterocycles. The Morgan fingerprint density at radius 3 is 2.53 bits per heavy atom. The first-order chi connectivity index (χ1) is 8.97. The van der Waals surface area contributed by atoms with Gasteiger partial charge in [0, 0.05) is 22.5 Å². The number of hydrogen-bond acceptors (Lipinski definition) is 3. The third-order valence-corrected chi connectivity index (χ3v) is 4.58. The summed E-state index contributed by atoms with van der Waals surface area (Å²) in [6.45, 7) is 6.18. The van der Waals surface area contributed by atoms with Crippen molar-refractivity contribution < 1.29 is 5.11 Å². The van der Waals surface area contributed by atoms with Gasteiger partial charge in [0.05, 0.1) is 4.34 Å². The van der Waals surface area contributed by atoms with Gasteiger partial charge >= 0.3 is 0 Å². The molecule has 0 amide bonds. The molecule has 1 aromatic heterocycles. The van der Waals surface area contributed by atoms with Gasteiger partial charge in [0.1, 0.15) is 5.75 Å². The summed E-state index contributed by atoms with van der Waals surface area (Å²) in [5.74, 6) is 0.335. The Hall–Kier alpha value is -1.03. The number of phenols is 1. The standard InChI is InChI=1S/C15H18ClNOS/c1-9-4-5-13(18)12(8-9)10(2)17-11(3)14-6-7-15(16)19-14/h4-8,10-11,17-18H,1-3H3. The molecule has 0 spiro atoms. The highest BCUT2D eigenvalue weighted by Gasteiger charge is 2.15. The van der Waals surface area contributed by atoms with Crippen LogP contribution in [0.4, 0.5) is 0 Å². The smallest absolute Gasteiger partial charge is 0.120 e. The zero-order valence-electron chi connectivity index (χ0n) is 11.3. The molecule has 0 saturated heterocycles. The van der Waals surface area contributed by atoms with Crippen molar-refractivity contribution in [2.24, 2.45) is 0 Å².